The van der Waals surface area contributed by atoms with Gasteiger partial charge in [-0.2, -0.15) is 0 Å². The summed E-state index contributed by atoms with van der Waals surface area (Å²) in [7, 11) is 0. The summed E-state index contributed by atoms with van der Waals surface area (Å²) in [4.78, 5) is 24.5. The third-order valence-electron chi connectivity index (χ3n) is 4.13. The van der Waals surface area contributed by atoms with Gasteiger partial charge in [0.05, 0.1) is 5.41 Å². The molecule has 2 heterocycles. The van der Waals surface area contributed by atoms with Crippen molar-refractivity contribution in [2.45, 2.75) is 32.6 Å². The lowest BCUT2D eigenvalue weighted by Gasteiger charge is -2.39. The molecule has 1 aromatic rings. The molecule has 7 nitrogen and oxygen atoms in total. The van der Waals surface area contributed by atoms with Crippen LogP contribution in [0, 0.1) is 5.41 Å². The highest BCUT2D eigenvalue weighted by molar-refractivity contribution is 5.90. The number of anilines is 1. The number of primary amides is 1. The molecule has 114 valence electrons. The quantitative estimate of drug-likeness (QED) is 0.839. The number of carboxylic acid groups (broad SMARTS) is 1. The molecule has 0 aromatic carbocycles. The Balaban J connectivity index is 2.06. The van der Waals surface area contributed by atoms with Crippen LogP contribution in [0.3, 0.4) is 0 Å². The van der Waals surface area contributed by atoms with Crippen LogP contribution in [0.25, 0.3) is 0 Å². The van der Waals surface area contributed by atoms with Crippen molar-refractivity contribution >= 4 is 17.7 Å². The monoisotopic (exact) mass is 292 g/mol. The smallest absolute Gasteiger partial charge is 0.309 e. The normalized spacial score (nSPS) is 17.5. The number of carbonyl (C=O) groups is 2. The molecule has 1 fully saturated rings. The second-order valence-corrected chi connectivity index (χ2v) is 5.46. The zero-order valence-electron chi connectivity index (χ0n) is 12.1. The topological polar surface area (TPSA) is 109 Å². The number of nitrogens with two attached hydrogens (primary N) is 1. The first kappa shape index (κ1) is 15.2. The van der Waals surface area contributed by atoms with Crippen molar-refractivity contribution < 1.29 is 14.7 Å². The van der Waals surface area contributed by atoms with Crippen LogP contribution >= 0.6 is 0 Å². The molecular weight excluding hydrogens is 272 g/mol. The Hall–Kier alpha value is -2.18. The Morgan fingerprint density at radius 2 is 2.00 bits per heavy atom. The number of nitrogens with zero attached hydrogens (tertiary/aromatic N) is 3. The molecular formula is C14H20N4O3. The van der Waals surface area contributed by atoms with Crippen LogP contribution in [0.2, 0.25) is 0 Å². The highest BCUT2D eigenvalue weighted by atomic mass is 16.4. The van der Waals surface area contributed by atoms with Crippen molar-refractivity contribution in [3.05, 3.63) is 17.8 Å². The van der Waals surface area contributed by atoms with Crippen LogP contribution in [0.5, 0.6) is 0 Å². The van der Waals surface area contributed by atoms with Crippen molar-refractivity contribution in [2.24, 2.45) is 11.1 Å². The van der Waals surface area contributed by atoms with Gasteiger partial charge < -0.3 is 15.7 Å². The first-order valence-corrected chi connectivity index (χ1v) is 7.10. The molecule has 0 radical (unpaired) electrons. The molecule has 0 atom stereocenters. The number of rotatable bonds is 5. The lowest BCUT2D eigenvalue weighted by molar-refractivity contribution is -0.150. The number of carboxylic acids is 1. The van der Waals surface area contributed by atoms with Crippen molar-refractivity contribution in [1.29, 1.82) is 0 Å². The summed E-state index contributed by atoms with van der Waals surface area (Å²) >= 11 is 0. The fraction of sp³-hybridized carbons (Fsp3) is 0.571. The maximum Gasteiger partial charge on any atom is 0.309 e. The van der Waals surface area contributed by atoms with Gasteiger partial charge >= 0.3 is 5.97 Å². The average Bonchev–Trinajstić information content (AvgIpc) is 2.48. The minimum atomic E-state index is -0.709. The molecule has 2 rings (SSSR count). The molecule has 1 aromatic heterocycles. The van der Waals surface area contributed by atoms with Gasteiger partial charge in [-0.3, -0.25) is 9.59 Å². The summed E-state index contributed by atoms with van der Waals surface area (Å²) in [6, 6.07) is 3.23. The number of carbonyl (C=O) groups excluding carboxylic acids is 1. The van der Waals surface area contributed by atoms with Gasteiger partial charge in [-0.1, -0.05) is 13.3 Å². The van der Waals surface area contributed by atoms with E-state index in [2.05, 4.69) is 10.2 Å². The van der Waals surface area contributed by atoms with E-state index in [9.17, 15) is 14.7 Å². The largest absolute Gasteiger partial charge is 0.481 e. The summed E-state index contributed by atoms with van der Waals surface area (Å²) in [5.41, 5.74) is 4.63. The predicted molar refractivity (Wildman–Crippen MR) is 77.0 cm³/mol. The van der Waals surface area contributed by atoms with E-state index in [1.807, 2.05) is 11.8 Å². The Bertz CT molecular complexity index is 522. The lowest BCUT2D eigenvalue weighted by Crippen LogP contribution is -2.44. The van der Waals surface area contributed by atoms with Gasteiger partial charge in [-0.25, -0.2) is 0 Å². The molecule has 3 N–H and O–H groups in total. The Kier molecular flexibility index (Phi) is 4.40. The van der Waals surface area contributed by atoms with E-state index in [4.69, 9.17) is 5.73 Å². The molecule has 0 bridgehead atoms. The minimum Gasteiger partial charge on any atom is -0.481 e. The van der Waals surface area contributed by atoms with Crippen LogP contribution in [0.15, 0.2) is 12.1 Å². The van der Waals surface area contributed by atoms with E-state index in [1.54, 1.807) is 6.07 Å². The Morgan fingerprint density at radius 1 is 1.33 bits per heavy atom. The third-order valence-corrected chi connectivity index (χ3v) is 4.13. The Labute approximate surface area is 123 Å². The lowest BCUT2D eigenvalue weighted by atomic mass is 9.75. The van der Waals surface area contributed by atoms with Gasteiger partial charge in [0.15, 0.2) is 11.5 Å². The molecule has 21 heavy (non-hydrogen) atoms. The van der Waals surface area contributed by atoms with Crippen molar-refractivity contribution in [3.8, 4) is 0 Å². The molecule has 1 amide bonds. The van der Waals surface area contributed by atoms with Gasteiger partial charge in [0.2, 0.25) is 0 Å². The van der Waals surface area contributed by atoms with Gasteiger partial charge in [-0.15, -0.1) is 10.2 Å². The number of aromatic nitrogens is 2. The number of amides is 1. The predicted octanol–water partition coefficient (Wildman–Crippen LogP) is 1.05. The zero-order chi connectivity index (χ0) is 15.5. The number of piperidine rings is 1. The summed E-state index contributed by atoms with van der Waals surface area (Å²) in [5, 5.41) is 17.2. The standard InChI is InChI=1S/C14H20N4O3/c1-2-5-14(13(20)21)6-8-18(9-7-14)11-4-3-10(12(15)19)16-17-11/h3-4H,2,5-9H2,1H3,(H2,15,19)(H,20,21). The number of hydrogen-bond acceptors (Lipinski definition) is 5. The van der Waals surface area contributed by atoms with Crippen LogP contribution in [0.4, 0.5) is 5.82 Å². The van der Waals surface area contributed by atoms with Crippen LogP contribution in [-0.2, 0) is 4.79 Å². The molecule has 1 aliphatic heterocycles. The highest BCUT2D eigenvalue weighted by Crippen LogP contribution is 2.37. The fourth-order valence-corrected chi connectivity index (χ4v) is 2.84. The second kappa shape index (κ2) is 6.07. The molecule has 0 saturated carbocycles. The molecule has 0 unspecified atom stereocenters. The fourth-order valence-electron chi connectivity index (χ4n) is 2.84. The van der Waals surface area contributed by atoms with Gasteiger partial charge in [0.1, 0.15) is 0 Å². The third kappa shape index (κ3) is 3.12. The highest BCUT2D eigenvalue weighted by Gasteiger charge is 2.40. The minimum absolute atomic E-state index is 0.127. The second-order valence-electron chi connectivity index (χ2n) is 5.46. The summed E-state index contributed by atoms with van der Waals surface area (Å²) in [6.07, 6.45) is 2.74. The van der Waals surface area contributed by atoms with Crippen LogP contribution in [0.1, 0.15) is 43.1 Å². The molecule has 1 aliphatic rings. The van der Waals surface area contributed by atoms with Crippen LogP contribution in [-0.4, -0.2) is 40.3 Å². The average molecular weight is 292 g/mol. The molecule has 7 heteroatoms. The van der Waals surface area contributed by atoms with E-state index in [0.29, 0.717) is 38.2 Å². The summed E-state index contributed by atoms with van der Waals surface area (Å²) in [5.74, 6) is -0.671. The molecule has 0 aliphatic carbocycles. The van der Waals surface area contributed by atoms with Gasteiger partial charge in [0.25, 0.3) is 5.91 Å². The zero-order valence-corrected chi connectivity index (χ0v) is 12.1. The summed E-state index contributed by atoms with van der Waals surface area (Å²) in [6.45, 7) is 3.25. The number of hydrogen-bond donors (Lipinski definition) is 2. The van der Waals surface area contributed by atoms with Crippen molar-refractivity contribution in [1.82, 2.24) is 10.2 Å². The Morgan fingerprint density at radius 3 is 2.43 bits per heavy atom. The van der Waals surface area contributed by atoms with Gasteiger partial charge in [-0.05, 0) is 31.4 Å². The van der Waals surface area contributed by atoms with E-state index in [-0.39, 0.29) is 5.69 Å². The van der Waals surface area contributed by atoms with Crippen molar-refractivity contribution in [2.75, 3.05) is 18.0 Å². The van der Waals surface area contributed by atoms with E-state index in [1.165, 1.54) is 6.07 Å². The van der Waals surface area contributed by atoms with Gasteiger partial charge in [0, 0.05) is 13.1 Å². The van der Waals surface area contributed by atoms with E-state index in [0.717, 1.165) is 6.42 Å². The first-order valence-electron chi connectivity index (χ1n) is 7.10. The van der Waals surface area contributed by atoms with E-state index >= 15 is 0 Å². The summed E-state index contributed by atoms with van der Waals surface area (Å²) < 4.78 is 0. The first-order chi connectivity index (χ1) is 9.98. The van der Waals surface area contributed by atoms with E-state index < -0.39 is 17.3 Å². The molecule has 1 saturated heterocycles. The van der Waals surface area contributed by atoms with Crippen molar-refractivity contribution in [3.63, 3.8) is 0 Å². The molecule has 0 spiro atoms. The maximum absolute atomic E-state index is 11.5. The SMILES string of the molecule is CCCC1(C(=O)O)CCN(c2ccc(C(N)=O)nn2)CC1. The van der Waals surface area contributed by atoms with Crippen LogP contribution < -0.4 is 10.6 Å². The maximum atomic E-state index is 11.5. The number of aliphatic carboxylic acids is 1.